The third-order valence-electron chi connectivity index (χ3n) is 7.25. The van der Waals surface area contributed by atoms with E-state index in [4.69, 9.17) is 19.7 Å². The summed E-state index contributed by atoms with van der Waals surface area (Å²) in [5.74, 6) is 1.62. The Hall–Kier alpha value is -5.76. The summed E-state index contributed by atoms with van der Waals surface area (Å²) in [6.45, 7) is 0. The van der Waals surface area contributed by atoms with Crippen LogP contribution < -0.4 is 9.47 Å². The van der Waals surface area contributed by atoms with Crippen LogP contribution in [0.4, 0.5) is 0 Å². The van der Waals surface area contributed by atoms with Gasteiger partial charge in [0, 0.05) is 35.4 Å². The van der Waals surface area contributed by atoms with Crippen molar-refractivity contribution in [3.63, 3.8) is 0 Å². The van der Waals surface area contributed by atoms with Crippen molar-refractivity contribution in [2.45, 2.75) is 12.8 Å². The number of rotatable bonds is 11. The van der Waals surface area contributed by atoms with Gasteiger partial charge in [-0.15, -0.1) is 0 Å². The molecule has 2 N–H and O–H groups in total. The zero-order chi connectivity index (χ0) is 30.1. The van der Waals surface area contributed by atoms with Crippen LogP contribution in [-0.4, -0.2) is 46.0 Å². The highest BCUT2D eigenvalue weighted by atomic mass is 16.5. The minimum absolute atomic E-state index is 0.532. The first kappa shape index (κ1) is 28.4. The molecule has 218 valence electrons. The monoisotopic (exact) mass is 580 g/mol. The van der Waals surface area contributed by atoms with E-state index >= 15 is 0 Å². The van der Waals surface area contributed by atoms with Gasteiger partial charge in [-0.25, -0.2) is 0 Å². The van der Waals surface area contributed by atoms with Crippen LogP contribution in [0.5, 0.6) is 11.5 Å². The number of hydrogen-bond donors (Lipinski definition) is 2. The molecule has 6 rings (SSSR count). The molecule has 0 aliphatic heterocycles. The molecular weight excluding hydrogens is 548 g/mol. The molecule has 0 amide bonds. The minimum atomic E-state index is 0.532. The highest BCUT2D eigenvalue weighted by Crippen LogP contribution is 2.23. The number of ether oxygens (including phenoxy) is 2. The molecule has 44 heavy (non-hydrogen) atoms. The summed E-state index contributed by atoms with van der Waals surface area (Å²) in [5, 5.41) is 25.2. The fourth-order valence-electron chi connectivity index (χ4n) is 4.86. The Labute approximate surface area is 256 Å². The first-order valence-corrected chi connectivity index (χ1v) is 14.3. The number of nitrogens with zero attached hydrogens (tertiary/aromatic N) is 4. The van der Waals surface area contributed by atoms with E-state index in [0.717, 1.165) is 68.0 Å². The topological polar surface area (TPSA) is 101 Å². The van der Waals surface area contributed by atoms with E-state index in [1.165, 1.54) is 0 Å². The molecule has 2 heterocycles. The average Bonchev–Trinajstić information content (AvgIpc) is 3.77. The van der Waals surface area contributed by atoms with Gasteiger partial charge in [0.15, 0.2) is 0 Å². The maximum atomic E-state index is 5.29. The second-order valence-electron chi connectivity index (χ2n) is 10.2. The number of nitrogens with one attached hydrogen (secondary N) is 2. The molecule has 6 aromatic rings. The number of aromatic amines is 2. The standard InChI is InChI=1S/C36H32N6O2/c1-43-31-17-13-27(14-18-31)35-23-29(37-39-35)21-33(25-9-5-3-6-10-25)41-42-34(26-11-7-4-8-12-26)22-30-24-36(40-38-30)28-15-19-32(44-2)20-16-28/h3-20,23-24H,21-22H2,1-2H3,(H,37,39)(H,38,40)/b41-33-,42-34-. The van der Waals surface area contributed by atoms with Crippen molar-refractivity contribution < 1.29 is 9.47 Å². The molecule has 8 nitrogen and oxygen atoms in total. The molecule has 4 aromatic carbocycles. The zero-order valence-corrected chi connectivity index (χ0v) is 24.6. The number of aromatic nitrogens is 4. The van der Waals surface area contributed by atoms with Crippen molar-refractivity contribution in [2.24, 2.45) is 10.2 Å². The van der Waals surface area contributed by atoms with Gasteiger partial charge < -0.3 is 9.47 Å². The highest BCUT2D eigenvalue weighted by Gasteiger charge is 2.13. The Bertz CT molecular complexity index is 1720. The quantitative estimate of drug-likeness (QED) is 0.125. The van der Waals surface area contributed by atoms with Crippen molar-refractivity contribution in [1.29, 1.82) is 0 Å². The number of hydrogen-bond acceptors (Lipinski definition) is 6. The largest absolute Gasteiger partial charge is 0.497 e. The third-order valence-corrected chi connectivity index (χ3v) is 7.25. The normalized spacial score (nSPS) is 11.9. The molecule has 0 radical (unpaired) electrons. The van der Waals surface area contributed by atoms with Crippen LogP contribution in [0.25, 0.3) is 22.5 Å². The van der Waals surface area contributed by atoms with E-state index in [-0.39, 0.29) is 0 Å². The second-order valence-corrected chi connectivity index (χ2v) is 10.2. The molecule has 0 fully saturated rings. The third kappa shape index (κ3) is 6.82. The van der Waals surface area contributed by atoms with Gasteiger partial charge in [0.05, 0.1) is 37.0 Å². The van der Waals surface area contributed by atoms with Gasteiger partial charge in [-0.1, -0.05) is 60.7 Å². The number of benzene rings is 4. The lowest BCUT2D eigenvalue weighted by Gasteiger charge is -2.07. The molecule has 0 saturated heterocycles. The Morgan fingerprint density at radius 2 is 0.932 bits per heavy atom. The number of H-pyrrole nitrogens is 2. The molecule has 8 heteroatoms. The molecule has 0 spiro atoms. The summed E-state index contributed by atoms with van der Waals surface area (Å²) < 4.78 is 10.6. The average molecular weight is 581 g/mol. The van der Waals surface area contributed by atoms with Gasteiger partial charge in [-0.3, -0.25) is 10.2 Å². The van der Waals surface area contributed by atoms with Crippen LogP contribution in [0.2, 0.25) is 0 Å². The van der Waals surface area contributed by atoms with Crippen LogP contribution in [-0.2, 0) is 12.8 Å². The highest BCUT2D eigenvalue weighted by molar-refractivity contribution is 6.04. The lowest BCUT2D eigenvalue weighted by molar-refractivity contribution is 0.415. The molecule has 0 saturated carbocycles. The summed E-state index contributed by atoms with van der Waals surface area (Å²) in [5.41, 5.74) is 9.24. The minimum Gasteiger partial charge on any atom is -0.497 e. The van der Waals surface area contributed by atoms with Gasteiger partial charge in [0.1, 0.15) is 11.5 Å². The van der Waals surface area contributed by atoms with E-state index < -0.39 is 0 Å². The molecule has 0 aliphatic carbocycles. The Kier molecular flexibility index (Phi) is 8.69. The van der Waals surface area contributed by atoms with Crippen molar-refractivity contribution in [2.75, 3.05) is 14.2 Å². The van der Waals surface area contributed by atoms with Crippen LogP contribution in [0.1, 0.15) is 22.5 Å². The first-order chi connectivity index (χ1) is 21.7. The smallest absolute Gasteiger partial charge is 0.118 e. The van der Waals surface area contributed by atoms with Gasteiger partial charge >= 0.3 is 0 Å². The molecule has 0 bridgehead atoms. The fraction of sp³-hybridized carbons (Fsp3) is 0.111. The summed E-state index contributed by atoms with van der Waals surface area (Å²) in [4.78, 5) is 0. The van der Waals surface area contributed by atoms with Crippen LogP contribution in [0.3, 0.4) is 0 Å². The zero-order valence-electron chi connectivity index (χ0n) is 24.6. The van der Waals surface area contributed by atoms with Crippen LogP contribution >= 0.6 is 0 Å². The summed E-state index contributed by atoms with van der Waals surface area (Å²) >= 11 is 0. The Morgan fingerprint density at radius 3 is 1.30 bits per heavy atom. The maximum absolute atomic E-state index is 5.29. The molecule has 0 unspecified atom stereocenters. The maximum Gasteiger partial charge on any atom is 0.118 e. The Balaban J connectivity index is 1.30. The van der Waals surface area contributed by atoms with Crippen LogP contribution in [0, 0.1) is 0 Å². The molecule has 0 atom stereocenters. The molecular formula is C36H32N6O2. The molecule has 2 aromatic heterocycles. The van der Waals surface area contributed by atoms with E-state index in [1.54, 1.807) is 14.2 Å². The van der Waals surface area contributed by atoms with Gasteiger partial charge in [0.25, 0.3) is 0 Å². The van der Waals surface area contributed by atoms with E-state index in [2.05, 4.69) is 20.4 Å². The Morgan fingerprint density at radius 1 is 0.545 bits per heavy atom. The van der Waals surface area contributed by atoms with E-state index in [1.807, 2.05) is 121 Å². The van der Waals surface area contributed by atoms with Gasteiger partial charge in [-0.2, -0.15) is 20.4 Å². The summed E-state index contributed by atoms with van der Waals surface area (Å²) in [6, 6.07) is 40.0. The van der Waals surface area contributed by atoms with Crippen molar-refractivity contribution >= 4 is 11.4 Å². The second kappa shape index (κ2) is 13.5. The lowest BCUT2D eigenvalue weighted by Crippen LogP contribution is -2.09. The van der Waals surface area contributed by atoms with E-state index in [0.29, 0.717) is 12.8 Å². The van der Waals surface area contributed by atoms with Crippen molar-refractivity contribution in [3.05, 3.63) is 144 Å². The van der Waals surface area contributed by atoms with Gasteiger partial charge in [0.2, 0.25) is 0 Å². The van der Waals surface area contributed by atoms with Gasteiger partial charge in [-0.05, 0) is 71.8 Å². The van der Waals surface area contributed by atoms with Crippen molar-refractivity contribution in [3.8, 4) is 34.0 Å². The van der Waals surface area contributed by atoms with Crippen molar-refractivity contribution in [1.82, 2.24) is 20.4 Å². The summed E-state index contributed by atoms with van der Waals surface area (Å²) in [7, 11) is 3.32. The van der Waals surface area contributed by atoms with Crippen LogP contribution in [0.15, 0.2) is 132 Å². The van der Waals surface area contributed by atoms with E-state index in [9.17, 15) is 0 Å². The predicted octanol–water partition coefficient (Wildman–Crippen LogP) is 7.16. The first-order valence-electron chi connectivity index (χ1n) is 14.3. The predicted molar refractivity (Wildman–Crippen MR) is 175 cm³/mol. The number of methoxy groups -OCH3 is 2. The fourth-order valence-corrected chi connectivity index (χ4v) is 4.86. The lowest BCUT2D eigenvalue weighted by atomic mass is 10.0. The SMILES string of the molecule is COc1ccc(-c2cc(C/C(=N/N=C(/Cc3cc(-c4ccc(OC)cc4)n[nH]3)c3ccccc3)c3ccccc3)[nH]n2)cc1. The summed E-state index contributed by atoms with van der Waals surface area (Å²) in [6.07, 6.45) is 1.06. The molecule has 0 aliphatic rings.